The third kappa shape index (κ3) is 6.40. The van der Waals surface area contributed by atoms with Crippen LogP contribution in [-0.4, -0.2) is 29.6 Å². The first-order valence-corrected chi connectivity index (χ1v) is 5.73. The molecule has 94 valence electrons. The molecule has 0 aromatic carbocycles. The Bertz CT molecular complexity index is 231. The summed E-state index contributed by atoms with van der Waals surface area (Å²) in [5.74, 6) is -1.12. The van der Waals surface area contributed by atoms with Crippen LogP contribution < -0.4 is 11.1 Å². The van der Waals surface area contributed by atoms with Gasteiger partial charge in [0, 0.05) is 6.42 Å². The van der Waals surface area contributed by atoms with Gasteiger partial charge >= 0.3 is 5.97 Å². The number of hydrogen-bond donors (Lipinski definition) is 3. The summed E-state index contributed by atoms with van der Waals surface area (Å²) in [4.78, 5) is 22.3. The molecule has 5 nitrogen and oxygen atoms in total. The maximum atomic E-state index is 11.5. The molecular formula is C11H22N2O3. The van der Waals surface area contributed by atoms with E-state index >= 15 is 0 Å². The minimum Gasteiger partial charge on any atom is -0.480 e. The number of nitrogens with two attached hydrogens (primary N) is 1. The van der Waals surface area contributed by atoms with Crippen molar-refractivity contribution in [3.63, 3.8) is 0 Å². The van der Waals surface area contributed by atoms with Gasteiger partial charge in [0.2, 0.25) is 5.91 Å². The summed E-state index contributed by atoms with van der Waals surface area (Å²) in [5.41, 5.74) is 5.39. The van der Waals surface area contributed by atoms with Crippen LogP contribution in [0.15, 0.2) is 0 Å². The Hall–Kier alpha value is -1.10. The highest BCUT2D eigenvalue weighted by molar-refractivity contribution is 5.83. The fourth-order valence-electron chi connectivity index (χ4n) is 1.32. The van der Waals surface area contributed by atoms with Gasteiger partial charge in [-0.3, -0.25) is 4.79 Å². The Balaban J connectivity index is 4.07. The van der Waals surface area contributed by atoms with Crippen molar-refractivity contribution in [3.05, 3.63) is 0 Å². The quantitative estimate of drug-likeness (QED) is 0.573. The number of amides is 1. The van der Waals surface area contributed by atoms with E-state index in [0.717, 1.165) is 12.8 Å². The lowest BCUT2D eigenvalue weighted by Gasteiger charge is -2.15. The molecule has 0 radical (unpaired) electrons. The van der Waals surface area contributed by atoms with E-state index in [9.17, 15) is 9.59 Å². The molecule has 0 fully saturated rings. The molecular weight excluding hydrogens is 208 g/mol. The van der Waals surface area contributed by atoms with Gasteiger partial charge in [0.1, 0.15) is 6.04 Å². The van der Waals surface area contributed by atoms with Crippen LogP contribution in [0, 0.1) is 5.92 Å². The predicted octanol–water partition coefficient (Wildman–Crippen LogP) is 0.731. The minimum absolute atomic E-state index is 0.0839. The van der Waals surface area contributed by atoms with Crippen LogP contribution in [0.3, 0.4) is 0 Å². The molecule has 0 bridgehead atoms. The standard InChI is InChI=1S/C11H22N2O3/c1-3-4-5-9(11(15)16)13-10(14)6-8(2)7-12/h8-9H,3-7,12H2,1-2H3,(H,13,14)(H,15,16)/t8?,9-/m0/s1. The molecule has 0 aliphatic heterocycles. The number of aliphatic carboxylic acids is 1. The largest absolute Gasteiger partial charge is 0.480 e. The van der Waals surface area contributed by atoms with Crippen LogP contribution in [0.25, 0.3) is 0 Å². The second-order valence-electron chi connectivity index (χ2n) is 4.15. The van der Waals surface area contributed by atoms with Crippen molar-refractivity contribution in [2.45, 2.75) is 45.6 Å². The Kier molecular flexibility index (Phi) is 7.54. The van der Waals surface area contributed by atoms with Gasteiger partial charge in [0.05, 0.1) is 0 Å². The molecule has 0 saturated carbocycles. The average molecular weight is 230 g/mol. The van der Waals surface area contributed by atoms with Crippen LogP contribution in [0.5, 0.6) is 0 Å². The Morgan fingerprint density at radius 3 is 2.50 bits per heavy atom. The lowest BCUT2D eigenvalue weighted by atomic mass is 10.1. The zero-order chi connectivity index (χ0) is 12.6. The second-order valence-corrected chi connectivity index (χ2v) is 4.15. The van der Waals surface area contributed by atoms with Crippen molar-refractivity contribution in [3.8, 4) is 0 Å². The van der Waals surface area contributed by atoms with Crippen molar-refractivity contribution < 1.29 is 14.7 Å². The molecule has 0 saturated heterocycles. The first-order chi connectivity index (χ1) is 7.51. The molecule has 0 spiro atoms. The van der Waals surface area contributed by atoms with Gasteiger partial charge < -0.3 is 16.2 Å². The molecule has 0 aliphatic carbocycles. The van der Waals surface area contributed by atoms with Gasteiger partial charge in [0.25, 0.3) is 0 Å². The first-order valence-electron chi connectivity index (χ1n) is 5.73. The van der Waals surface area contributed by atoms with Gasteiger partial charge in [-0.15, -0.1) is 0 Å². The van der Waals surface area contributed by atoms with E-state index in [4.69, 9.17) is 10.8 Å². The van der Waals surface area contributed by atoms with E-state index < -0.39 is 12.0 Å². The average Bonchev–Trinajstić information content (AvgIpc) is 2.23. The number of carbonyl (C=O) groups excluding carboxylic acids is 1. The van der Waals surface area contributed by atoms with Crippen LogP contribution >= 0.6 is 0 Å². The smallest absolute Gasteiger partial charge is 0.326 e. The molecule has 16 heavy (non-hydrogen) atoms. The summed E-state index contributed by atoms with van der Waals surface area (Å²) in [6, 6.07) is -0.766. The SMILES string of the molecule is CCCC[C@H](NC(=O)CC(C)CN)C(=O)O. The van der Waals surface area contributed by atoms with Crippen molar-refractivity contribution in [1.82, 2.24) is 5.32 Å². The molecule has 0 rings (SSSR count). The van der Waals surface area contributed by atoms with Crippen molar-refractivity contribution in [2.75, 3.05) is 6.54 Å². The second kappa shape index (κ2) is 8.10. The Morgan fingerprint density at radius 2 is 2.06 bits per heavy atom. The molecule has 0 aliphatic rings. The number of hydrogen-bond acceptors (Lipinski definition) is 3. The number of unbranched alkanes of at least 4 members (excludes halogenated alkanes) is 1. The summed E-state index contributed by atoms with van der Waals surface area (Å²) in [5, 5.41) is 11.4. The van der Waals surface area contributed by atoms with E-state index in [1.165, 1.54) is 0 Å². The topological polar surface area (TPSA) is 92.4 Å². The normalized spacial score (nSPS) is 14.2. The third-order valence-corrected chi connectivity index (χ3v) is 2.42. The highest BCUT2D eigenvalue weighted by Gasteiger charge is 2.19. The van der Waals surface area contributed by atoms with Gasteiger partial charge in [-0.05, 0) is 18.9 Å². The molecule has 4 N–H and O–H groups in total. The molecule has 0 heterocycles. The third-order valence-electron chi connectivity index (χ3n) is 2.42. The van der Waals surface area contributed by atoms with E-state index in [0.29, 0.717) is 13.0 Å². The van der Waals surface area contributed by atoms with E-state index in [1.54, 1.807) is 0 Å². The van der Waals surface area contributed by atoms with E-state index in [2.05, 4.69) is 5.32 Å². The van der Waals surface area contributed by atoms with Crippen molar-refractivity contribution >= 4 is 11.9 Å². The summed E-state index contributed by atoms with van der Waals surface area (Å²) in [7, 11) is 0. The molecule has 5 heteroatoms. The fraction of sp³-hybridized carbons (Fsp3) is 0.818. The molecule has 1 amide bonds. The van der Waals surface area contributed by atoms with Crippen LogP contribution in [0.4, 0.5) is 0 Å². The number of carboxylic acids is 1. The van der Waals surface area contributed by atoms with Crippen LogP contribution in [0.1, 0.15) is 39.5 Å². The number of nitrogens with one attached hydrogen (secondary N) is 1. The highest BCUT2D eigenvalue weighted by atomic mass is 16.4. The number of rotatable bonds is 8. The van der Waals surface area contributed by atoms with Crippen molar-refractivity contribution in [1.29, 1.82) is 0 Å². The van der Waals surface area contributed by atoms with E-state index in [-0.39, 0.29) is 18.2 Å². The Morgan fingerprint density at radius 1 is 1.44 bits per heavy atom. The molecule has 0 aromatic heterocycles. The predicted molar refractivity (Wildman–Crippen MR) is 61.9 cm³/mol. The molecule has 2 atom stereocenters. The van der Waals surface area contributed by atoms with Gasteiger partial charge in [0.15, 0.2) is 0 Å². The molecule has 0 aromatic rings. The fourth-order valence-corrected chi connectivity index (χ4v) is 1.32. The van der Waals surface area contributed by atoms with E-state index in [1.807, 2.05) is 13.8 Å². The van der Waals surface area contributed by atoms with Crippen LogP contribution in [-0.2, 0) is 9.59 Å². The lowest BCUT2D eigenvalue weighted by Crippen LogP contribution is -2.41. The van der Waals surface area contributed by atoms with Gasteiger partial charge in [-0.25, -0.2) is 4.79 Å². The highest BCUT2D eigenvalue weighted by Crippen LogP contribution is 2.03. The summed E-state index contributed by atoms with van der Waals surface area (Å²) in [6.45, 7) is 4.28. The number of carboxylic acid groups (broad SMARTS) is 1. The minimum atomic E-state index is -0.970. The zero-order valence-corrected chi connectivity index (χ0v) is 10.0. The van der Waals surface area contributed by atoms with Gasteiger partial charge in [-0.1, -0.05) is 26.7 Å². The van der Waals surface area contributed by atoms with Crippen molar-refractivity contribution in [2.24, 2.45) is 11.7 Å². The maximum absolute atomic E-state index is 11.5. The summed E-state index contributed by atoms with van der Waals surface area (Å²) < 4.78 is 0. The zero-order valence-electron chi connectivity index (χ0n) is 10.0. The van der Waals surface area contributed by atoms with Crippen LogP contribution in [0.2, 0.25) is 0 Å². The number of carbonyl (C=O) groups is 2. The monoisotopic (exact) mass is 230 g/mol. The molecule has 1 unspecified atom stereocenters. The lowest BCUT2D eigenvalue weighted by molar-refractivity contribution is -0.142. The summed E-state index contributed by atoms with van der Waals surface area (Å²) in [6.07, 6.45) is 2.48. The van der Waals surface area contributed by atoms with Gasteiger partial charge in [-0.2, -0.15) is 0 Å². The maximum Gasteiger partial charge on any atom is 0.326 e. The Labute approximate surface area is 96.4 Å². The summed E-state index contributed by atoms with van der Waals surface area (Å²) >= 11 is 0. The first kappa shape index (κ1) is 14.9.